The molecule has 2 amide bonds. The standard InChI is InChI=1S/C16H13F4NO.C5H9NO2/c1-2-14(22)21-10-9-15(17,11-21)8-7-12-3-5-13(6-4-12)16(18,19)20;7-5(8)6-3-1-2-4-6/h2-6H,1,9-11H2;1-4H2,(H,7,8)/t15-;/m1./s1. The Hall–Kier alpha value is -3.02. The molecule has 0 radical (unpaired) electrons. The van der Waals surface area contributed by atoms with Gasteiger partial charge in [-0.2, -0.15) is 13.2 Å². The minimum Gasteiger partial charge on any atom is -0.465 e. The molecule has 0 aliphatic carbocycles. The van der Waals surface area contributed by atoms with E-state index < -0.39 is 23.5 Å². The number of hydrogen-bond donors (Lipinski definition) is 1. The molecule has 0 spiro atoms. The predicted molar refractivity (Wildman–Crippen MR) is 102 cm³/mol. The van der Waals surface area contributed by atoms with Crippen LogP contribution < -0.4 is 0 Å². The first kappa shape index (κ1) is 23.3. The first-order valence-electron chi connectivity index (χ1n) is 9.33. The van der Waals surface area contributed by atoms with Crippen LogP contribution in [-0.2, 0) is 11.0 Å². The third-order valence-electron chi connectivity index (χ3n) is 4.73. The molecule has 1 aromatic rings. The Morgan fingerprint density at radius 3 is 2.17 bits per heavy atom. The van der Waals surface area contributed by atoms with Gasteiger partial charge >= 0.3 is 12.3 Å². The van der Waals surface area contributed by atoms with Crippen LogP contribution in [0.1, 0.15) is 30.4 Å². The van der Waals surface area contributed by atoms with Crippen LogP contribution in [0.5, 0.6) is 0 Å². The Kier molecular flexibility index (Phi) is 7.48. The average Bonchev–Trinajstić information content (AvgIpc) is 3.37. The number of amides is 2. The normalized spacial score (nSPS) is 20.7. The van der Waals surface area contributed by atoms with Gasteiger partial charge in [0.05, 0.1) is 12.1 Å². The lowest BCUT2D eigenvalue weighted by atomic mass is 10.1. The first-order valence-corrected chi connectivity index (χ1v) is 9.33. The van der Waals surface area contributed by atoms with Crippen molar-refractivity contribution in [2.75, 3.05) is 26.2 Å². The number of carbonyl (C=O) groups is 2. The van der Waals surface area contributed by atoms with Gasteiger partial charge in [0, 0.05) is 31.6 Å². The number of alkyl halides is 4. The highest BCUT2D eigenvalue weighted by atomic mass is 19.4. The molecule has 5 nitrogen and oxygen atoms in total. The molecule has 30 heavy (non-hydrogen) atoms. The van der Waals surface area contributed by atoms with E-state index in [-0.39, 0.29) is 25.4 Å². The number of benzene rings is 1. The second kappa shape index (κ2) is 9.65. The molecule has 1 aromatic carbocycles. The zero-order valence-corrected chi connectivity index (χ0v) is 16.2. The molecule has 0 bridgehead atoms. The summed E-state index contributed by atoms with van der Waals surface area (Å²) >= 11 is 0. The van der Waals surface area contributed by atoms with E-state index >= 15 is 0 Å². The number of likely N-dealkylation sites (tertiary alicyclic amines) is 2. The van der Waals surface area contributed by atoms with Crippen LogP contribution >= 0.6 is 0 Å². The second-order valence-electron chi connectivity index (χ2n) is 6.98. The van der Waals surface area contributed by atoms with E-state index in [1.807, 2.05) is 0 Å². The number of nitrogens with zero attached hydrogens (tertiary/aromatic N) is 2. The molecule has 9 heteroatoms. The molecule has 2 heterocycles. The molecule has 2 aliphatic rings. The van der Waals surface area contributed by atoms with Crippen LogP contribution in [0.15, 0.2) is 36.9 Å². The van der Waals surface area contributed by atoms with Gasteiger partial charge < -0.3 is 14.9 Å². The fourth-order valence-corrected chi connectivity index (χ4v) is 3.03. The molecule has 1 N–H and O–H groups in total. The van der Waals surface area contributed by atoms with Crippen molar-refractivity contribution in [3.63, 3.8) is 0 Å². The van der Waals surface area contributed by atoms with Gasteiger partial charge in [-0.3, -0.25) is 4.79 Å². The Morgan fingerprint density at radius 2 is 1.70 bits per heavy atom. The van der Waals surface area contributed by atoms with Crippen LogP contribution in [0.4, 0.5) is 22.4 Å². The van der Waals surface area contributed by atoms with Crippen LogP contribution in [0.3, 0.4) is 0 Å². The summed E-state index contributed by atoms with van der Waals surface area (Å²) in [5.74, 6) is 4.58. The van der Waals surface area contributed by atoms with Crippen LogP contribution in [0, 0.1) is 11.8 Å². The number of halogens is 4. The summed E-state index contributed by atoms with van der Waals surface area (Å²) in [5, 5.41) is 8.34. The molecule has 2 aliphatic heterocycles. The SMILES string of the molecule is C=CC(=O)N1CC[C@](F)(C#Cc2ccc(C(F)(F)F)cc2)C1.O=C(O)N1CCCC1. The summed E-state index contributed by atoms with van der Waals surface area (Å²) in [6.45, 7) is 4.87. The lowest BCUT2D eigenvalue weighted by Gasteiger charge is -2.14. The smallest absolute Gasteiger partial charge is 0.416 e. The maximum atomic E-state index is 14.4. The molecular formula is C21H22F4N2O3. The van der Waals surface area contributed by atoms with E-state index in [1.54, 1.807) is 0 Å². The summed E-state index contributed by atoms with van der Waals surface area (Å²) in [6, 6.07) is 4.19. The van der Waals surface area contributed by atoms with E-state index in [0.29, 0.717) is 5.56 Å². The van der Waals surface area contributed by atoms with Gasteiger partial charge in [0.25, 0.3) is 0 Å². The maximum absolute atomic E-state index is 14.4. The van der Waals surface area contributed by atoms with E-state index in [1.165, 1.54) is 21.9 Å². The molecule has 162 valence electrons. The maximum Gasteiger partial charge on any atom is 0.416 e. The fraction of sp³-hybridized carbons (Fsp3) is 0.429. The van der Waals surface area contributed by atoms with Crippen molar-refractivity contribution in [2.45, 2.75) is 31.1 Å². The Morgan fingerprint density at radius 1 is 1.10 bits per heavy atom. The van der Waals surface area contributed by atoms with E-state index in [2.05, 4.69) is 18.4 Å². The van der Waals surface area contributed by atoms with Gasteiger partial charge in [-0.1, -0.05) is 18.4 Å². The molecule has 0 aromatic heterocycles. The first-order chi connectivity index (χ1) is 14.0. The van der Waals surface area contributed by atoms with Gasteiger partial charge in [-0.25, -0.2) is 9.18 Å². The third kappa shape index (κ3) is 6.51. The molecule has 2 saturated heterocycles. The van der Waals surface area contributed by atoms with Crippen LogP contribution in [-0.4, -0.2) is 58.8 Å². The van der Waals surface area contributed by atoms with Crippen LogP contribution in [0.25, 0.3) is 0 Å². The Balaban J connectivity index is 0.000000335. The summed E-state index contributed by atoms with van der Waals surface area (Å²) in [4.78, 5) is 24.3. The van der Waals surface area contributed by atoms with Gasteiger partial charge in [0.15, 0.2) is 5.67 Å². The minimum atomic E-state index is -4.41. The van der Waals surface area contributed by atoms with Gasteiger partial charge in [-0.15, -0.1) is 0 Å². The molecule has 1 atom stereocenters. The topological polar surface area (TPSA) is 60.9 Å². The summed E-state index contributed by atoms with van der Waals surface area (Å²) in [5.41, 5.74) is -2.34. The van der Waals surface area contributed by atoms with Crippen molar-refractivity contribution in [3.05, 3.63) is 48.0 Å². The number of hydrogen-bond acceptors (Lipinski definition) is 2. The van der Waals surface area contributed by atoms with Gasteiger partial charge in [0.2, 0.25) is 5.91 Å². The summed E-state index contributed by atoms with van der Waals surface area (Å²) in [7, 11) is 0. The van der Waals surface area contributed by atoms with Crippen LogP contribution in [0.2, 0.25) is 0 Å². The lowest BCUT2D eigenvalue weighted by molar-refractivity contribution is -0.137. The number of carboxylic acid groups (broad SMARTS) is 1. The number of carbonyl (C=O) groups excluding carboxylic acids is 1. The van der Waals surface area contributed by atoms with Crippen molar-refractivity contribution in [2.24, 2.45) is 0 Å². The highest BCUT2D eigenvalue weighted by Gasteiger charge is 2.38. The second-order valence-corrected chi connectivity index (χ2v) is 6.98. The van der Waals surface area contributed by atoms with E-state index in [9.17, 15) is 27.2 Å². The van der Waals surface area contributed by atoms with Crippen molar-refractivity contribution < 1.29 is 32.3 Å². The predicted octanol–water partition coefficient (Wildman–Crippen LogP) is 3.94. The zero-order valence-electron chi connectivity index (χ0n) is 16.2. The molecule has 2 fully saturated rings. The van der Waals surface area contributed by atoms with Crippen molar-refractivity contribution in [3.8, 4) is 11.8 Å². The number of rotatable bonds is 1. The Labute approximate surface area is 172 Å². The monoisotopic (exact) mass is 426 g/mol. The average molecular weight is 426 g/mol. The molecule has 0 unspecified atom stereocenters. The molecule has 3 rings (SSSR count). The summed E-state index contributed by atoms with van der Waals surface area (Å²) < 4.78 is 51.7. The Bertz CT molecular complexity index is 837. The molecular weight excluding hydrogens is 404 g/mol. The quantitative estimate of drug-likeness (QED) is 0.420. The van der Waals surface area contributed by atoms with E-state index in [0.717, 1.165) is 44.1 Å². The molecule has 0 saturated carbocycles. The largest absolute Gasteiger partial charge is 0.465 e. The third-order valence-corrected chi connectivity index (χ3v) is 4.73. The van der Waals surface area contributed by atoms with Gasteiger partial charge in [-0.05, 0) is 43.2 Å². The van der Waals surface area contributed by atoms with Crippen molar-refractivity contribution in [1.82, 2.24) is 9.80 Å². The van der Waals surface area contributed by atoms with Gasteiger partial charge in [0.1, 0.15) is 0 Å². The van der Waals surface area contributed by atoms with Crippen molar-refractivity contribution in [1.29, 1.82) is 0 Å². The highest BCUT2D eigenvalue weighted by molar-refractivity contribution is 5.87. The van der Waals surface area contributed by atoms with Crippen molar-refractivity contribution >= 4 is 12.0 Å². The zero-order chi connectivity index (χ0) is 22.4. The van der Waals surface area contributed by atoms with E-state index in [4.69, 9.17) is 5.11 Å². The fourth-order valence-electron chi connectivity index (χ4n) is 3.03. The summed E-state index contributed by atoms with van der Waals surface area (Å²) in [6.07, 6.45) is -1.94. The highest BCUT2D eigenvalue weighted by Crippen LogP contribution is 2.29. The minimum absolute atomic E-state index is 0.0697. The lowest BCUT2D eigenvalue weighted by Crippen LogP contribution is -2.31.